The molecular formula is C16H23N3O2. The smallest absolute Gasteiger partial charge is 0.234 e. The third-order valence-corrected chi connectivity index (χ3v) is 3.20. The highest BCUT2D eigenvalue weighted by molar-refractivity contribution is 5.77. The number of nitrogens with zero attached hydrogens (tertiary/aromatic N) is 2. The summed E-state index contributed by atoms with van der Waals surface area (Å²) >= 11 is 0. The minimum Gasteiger partial charge on any atom is -0.492 e. The maximum atomic E-state index is 11.2. The van der Waals surface area contributed by atoms with E-state index in [-0.39, 0.29) is 12.3 Å². The van der Waals surface area contributed by atoms with Gasteiger partial charge < -0.3 is 15.0 Å². The summed E-state index contributed by atoms with van der Waals surface area (Å²) in [6.07, 6.45) is -0.111. The van der Waals surface area contributed by atoms with Gasteiger partial charge in [0.05, 0.1) is 6.07 Å². The van der Waals surface area contributed by atoms with Crippen LogP contribution in [0.3, 0.4) is 0 Å². The number of rotatable bonds is 9. The number of ether oxygens (including phenoxy) is 1. The summed E-state index contributed by atoms with van der Waals surface area (Å²) in [5, 5.41) is 11.1. The average molecular weight is 289 g/mol. The molecule has 0 saturated heterocycles. The van der Waals surface area contributed by atoms with E-state index < -0.39 is 0 Å². The molecule has 21 heavy (non-hydrogen) atoms. The van der Waals surface area contributed by atoms with Crippen LogP contribution in [0.25, 0.3) is 0 Å². The van der Waals surface area contributed by atoms with E-state index in [4.69, 9.17) is 10.00 Å². The number of hydrogen-bond donors (Lipinski definition) is 1. The first kappa shape index (κ1) is 17.0. The second kappa shape index (κ2) is 9.78. The third kappa shape index (κ3) is 6.77. The molecule has 0 aromatic heterocycles. The van der Waals surface area contributed by atoms with Crippen LogP contribution in [0.1, 0.15) is 25.8 Å². The van der Waals surface area contributed by atoms with Crippen LogP contribution in [0.5, 0.6) is 5.75 Å². The summed E-state index contributed by atoms with van der Waals surface area (Å²) in [5.41, 5.74) is 0.960. The lowest BCUT2D eigenvalue weighted by Gasteiger charge is -2.18. The van der Waals surface area contributed by atoms with E-state index in [0.29, 0.717) is 13.2 Å². The molecule has 1 rings (SSSR count). The van der Waals surface area contributed by atoms with Crippen molar-refractivity contribution in [2.24, 2.45) is 0 Å². The highest BCUT2D eigenvalue weighted by atomic mass is 16.5. The Morgan fingerprint density at radius 3 is 2.81 bits per heavy atom. The van der Waals surface area contributed by atoms with Crippen molar-refractivity contribution in [2.45, 2.75) is 26.8 Å². The Morgan fingerprint density at radius 2 is 2.14 bits per heavy atom. The first-order valence-electron chi connectivity index (χ1n) is 7.27. The predicted molar refractivity (Wildman–Crippen MR) is 81.8 cm³/mol. The van der Waals surface area contributed by atoms with Gasteiger partial charge in [-0.05, 0) is 30.8 Å². The minimum atomic E-state index is -0.259. The lowest BCUT2D eigenvalue weighted by atomic mass is 10.2. The first-order chi connectivity index (χ1) is 10.2. The Kier molecular flexibility index (Phi) is 7.92. The molecule has 0 bridgehead atoms. The third-order valence-electron chi connectivity index (χ3n) is 3.20. The van der Waals surface area contributed by atoms with Gasteiger partial charge in [0.25, 0.3) is 0 Å². The summed E-state index contributed by atoms with van der Waals surface area (Å²) in [4.78, 5) is 13.5. The standard InChI is InChI=1S/C16H23N3O2/c1-3-19(4-2)10-11-21-15-7-5-6-14(12-15)13-18-16(20)8-9-17/h5-7,12H,3-4,8,10-11,13H2,1-2H3,(H,18,20). The van der Waals surface area contributed by atoms with E-state index in [1.54, 1.807) is 0 Å². The molecule has 1 aromatic rings. The summed E-state index contributed by atoms with van der Waals surface area (Å²) in [7, 11) is 0. The van der Waals surface area contributed by atoms with Gasteiger partial charge in [-0.25, -0.2) is 0 Å². The van der Waals surface area contributed by atoms with Gasteiger partial charge in [-0.3, -0.25) is 4.79 Å². The number of carbonyl (C=O) groups is 1. The predicted octanol–water partition coefficient (Wildman–Crippen LogP) is 1.94. The Morgan fingerprint density at radius 1 is 1.38 bits per heavy atom. The van der Waals surface area contributed by atoms with Gasteiger partial charge in [-0.1, -0.05) is 26.0 Å². The van der Waals surface area contributed by atoms with Gasteiger partial charge in [0, 0.05) is 13.1 Å². The minimum absolute atomic E-state index is 0.111. The summed E-state index contributed by atoms with van der Waals surface area (Å²) < 4.78 is 5.73. The van der Waals surface area contributed by atoms with Crippen LogP contribution in [0.15, 0.2) is 24.3 Å². The van der Waals surface area contributed by atoms with Gasteiger partial charge in [0.2, 0.25) is 5.91 Å². The molecule has 0 unspecified atom stereocenters. The van der Waals surface area contributed by atoms with Crippen LogP contribution in [0, 0.1) is 11.3 Å². The van der Waals surface area contributed by atoms with E-state index in [9.17, 15) is 4.79 Å². The van der Waals surface area contributed by atoms with Crippen molar-refractivity contribution in [1.82, 2.24) is 10.2 Å². The molecule has 114 valence electrons. The van der Waals surface area contributed by atoms with E-state index in [0.717, 1.165) is 30.9 Å². The number of benzene rings is 1. The van der Waals surface area contributed by atoms with Crippen molar-refractivity contribution in [3.05, 3.63) is 29.8 Å². The van der Waals surface area contributed by atoms with Crippen LogP contribution in [-0.2, 0) is 11.3 Å². The van der Waals surface area contributed by atoms with Gasteiger partial charge in [0.1, 0.15) is 18.8 Å². The number of nitrogens with one attached hydrogen (secondary N) is 1. The van der Waals surface area contributed by atoms with E-state index in [1.807, 2.05) is 30.3 Å². The van der Waals surface area contributed by atoms with Crippen molar-refractivity contribution in [3.63, 3.8) is 0 Å². The molecule has 0 spiro atoms. The summed E-state index contributed by atoms with van der Waals surface area (Å²) in [6, 6.07) is 9.46. The fourth-order valence-electron chi connectivity index (χ4n) is 1.91. The number of amides is 1. The highest BCUT2D eigenvalue weighted by Crippen LogP contribution is 2.13. The molecule has 0 saturated carbocycles. The quantitative estimate of drug-likeness (QED) is 0.754. The van der Waals surface area contributed by atoms with Gasteiger partial charge in [-0.15, -0.1) is 0 Å². The van der Waals surface area contributed by atoms with Crippen LogP contribution >= 0.6 is 0 Å². The number of carbonyl (C=O) groups excluding carboxylic acids is 1. The Bertz CT molecular complexity index is 479. The molecule has 5 heteroatoms. The van der Waals surface area contributed by atoms with Crippen molar-refractivity contribution in [3.8, 4) is 11.8 Å². The van der Waals surface area contributed by atoms with Crippen LogP contribution in [-0.4, -0.2) is 37.0 Å². The fraction of sp³-hybridized carbons (Fsp3) is 0.500. The van der Waals surface area contributed by atoms with Crippen LogP contribution < -0.4 is 10.1 Å². The monoisotopic (exact) mass is 289 g/mol. The molecule has 1 amide bonds. The maximum Gasteiger partial charge on any atom is 0.234 e. The fourth-order valence-corrected chi connectivity index (χ4v) is 1.91. The number of nitriles is 1. The molecule has 0 aliphatic carbocycles. The lowest BCUT2D eigenvalue weighted by Crippen LogP contribution is -2.27. The Balaban J connectivity index is 2.41. The molecule has 0 aliphatic heterocycles. The average Bonchev–Trinajstić information content (AvgIpc) is 2.50. The molecule has 0 fully saturated rings. The van der Waals surface area contributed by atoms with Crippen molar-refractivity contribution < 1.29 is 9.53 Å². The molecule has 1 aromatic carbocycles. The molecule has 0 atom stereocenters. The zero-order chi connectivity index (χ0) is 15.5. The number of hydrogen-bond acceptors (Lipinski definition) is 4. The largest absolute Gasteiger partial charge is 0.492 e. The van der Waals surface area contributed by atoms with Crippen molar-refractivity contribution in [2.75, 3.05) is 26.2 Å². The highest BCUT2D eigenvalue weighted by Gasteiger charge is 2.02. The molecule has 5 nitrogen and oxygen atoms in total. The Hall–Kier alpha value is -2.06. The molecule has 1 N–H and O–H groups in total. The summed E-state index contributed by atoms with van der Waals surface area (Å²) in [5.74, 6) is 0.541. The van der Waals surface area contributed by atoms with Gasteiger partial charge in [0.15, 0.2) is 0 Å². The van der Waals surface area contributed by atoms with Crippen molar-refractivity contribution in [1.29, 1.82) is 5.26 Å². The van der Waals surface area contributed by atoms with E-state index in [1.165, 1.54) is 0 Å². The normalized spacial score (nSPS) is 10.2. The molecule has 0 aliphatic rings. The maximum absolute atomic E-state index is 11.2. The van der Waals surface area contributed by atoms with Crippen LogP contribution in [0.2, 0.25) is 0 Å². The van der Waals surface area contributed by atoms with Crippen LogP contribution in [0.4, 0.5) is 0 Å². The molecule has 0 heterocycles. The van der Waals surface area contributed by atoms with E-state index in [2.05, 4.69) is 24.1 Å². The second-order valence-corrected chi connectivity index (χ2v) is 4.63. The zero-order valence-corrected chi connectivity index (χ0v) is 12.8. The van der Waals surface area contributed by atoms with E-state index >= 15 is 0 Å². The first-order valence-corrected chi connectivity index (χ1v) is 7.27. The topological polar surface area (TPSA) is 65.4 Å². The zero-order valence-electron chi connectivity index (χ0n) is 12.8. The molecule has 0 radical (unpaired) electrons. The molecular weight excluding hydrogens is 266 g/mol. The van der Waals surface area contributed by atoms with Crippen molar-refractivity contribution >= 4 is 5.91 Å². The van der Waals surface area contributed by atoms with Gasteiger partial charge >= 0.3 is 0 Å². The van der Waals surface area contributed by atoms with Gasteiger partial charge in [-0.2, -0.15) is 5.26 Å². The second-order valence-electron chi connectivity index (χ2n) is 4.63. The lowest BCUT2D eigenvalue weighted by molar-refractivity contribution is -0.120. The number of likely N-dealkylation sites (N-methyl/N-ethyl adjacent to an activating group) is 1. The Labute approximate surface area is 126 Å². The summed E-state index contributed by atoms with van der Waals surface area (Å²) in [6.45, 7) is 8.26. The SMILES string of the molecule is CCN(CC)CCOc1cccc(CNC(=O)CC#N)c1.